The van der Waals surface area contributed by atoms with Crippen LogP contribution < -0.4 is 10.2 Å². The van der Waals surface area contributed by atoms with Crippen molar-refractivity contribution in [3.63, 3.8) is 0 Å². The van der Waals surface area contributed by atoms with Crippen LogP contribution in [0.3, 0.4) is 0 Å². The van der Waals surface area contributed by atoms with Gasteiger partial charge in [-0.25, -0.2) is 15.0 Å². The number of hydrogen-bond acceptors (Lipinski definition) is 6. The summed E-state index contributed by atoms with van der Waals surface area (Å²) in [6.07, 6.45) is 5.07. The van der Waals surface area contributed by atoms with Gasteiger partial charge in [0.2, 0.25) is 0 Å². The van der Waals surface area contributed by atoms with E-state index >= 15 is 0 Å². The molecule has 3 rings (SSSR count). The molecule has 0 radical (unpaired) electrons. The van der Waals surface area contributed by atoms with E-state index in [0.717, 1.165) is 24.7 Å². The predicted molar refractivity (Wildman–Crippen MR) is 84.4 cm³/mol. The Bertz CT molecular complexity index is 665. The second-order valence-corrected chi connectivity index (χ2v) is 5.28. The molecular weight excluding hydrogens is 296 g/mol. The lowest BCUT2D eigenvalue weighted by Gasteiger charge is -2.27. The fourth-order valence-corrected chi connectivity index (χ4v) is 2.46. The van der Waals surface area contributed by atoms with Crippen LogP contribution in [-0.2, 0) is 11.3 Å². The van der Waals surface area contributed by atoms with Crippen molar-refractivity contribution in [3.8, 4) is 0 Å². The molecule has 0 atom stereocenters. The van der Waals surface area contributed by atoms with E-state index in [1.165, 1.54) is 6.33 Å². The van der Waals surface area contributed by atoms with Crippen LogP contribution >= 0.6 is 0 Å². The quantitative estimate of drug-likeness (QED) is 0.851. The summed E-state index contributed by atoms with van der Waals surface area (Å²) in [5, 5.41) is 2.87. The van der Waals surface area contributed by atoms with Crippen molar-refractivity contribution in [2.24, 2.45) is 0 Å². The molecule has 0 unspecified atom stereocenters. The molecule has 0 spiro atoms. The Labute approximate surface area is 134 Å². The molecule has 0 bridgehead atoms. The van der Waals surface area contributed by atoms with Crippen LogP contribution in [0.1, 0.15) is 16.3 Å². The van der Waals surface area contributed by atoms with E-state index in [9.17, 15) is 4.79 Å². The lowest BCUT2D eigenvalue weighted by Crippen LogP contribution is -2.37. The van der Waals surface area contributed by atoms with Crippen LogP contribution in [0.15, 0.2) is 24.8 Å². The Kier molecular flexibility index (Phi) is 4.82. The zero-order valence-electron chi connectivity index (χ0n) is 13.1. The van der Waals surface area contributed by atoms with E-state index in [1.54, 1.807) is 12.3 Å². The van der Waals surface area contributed by atoms with Gasteiger partial charge in [-0.05, 0) is 6.92 Å². The topological polar surface area (TPSA) is 85.2 Å². The molecule has 3 heterocycles. The predicted octanol–water partition coefficient (Wildman–Crippen LogP) is 0.248. The number of nitrogens with zero attached hydrogens (tertiary/aromatic N) is 5. The highest BCUT2D eigenvalue weighted by Crippen LogP contribution is 2.12. The van der Waals surface area contributed by atoms with Crippen molar-refractivity contribution in [2.45, 2.75) is 13.5 Å². The molecule has 1 amide bonds. The molecule has 0 saturated carbocycles. The lowest BCUT2D eigenvalue weighted by atomic mass is 10.3. The molecule has 8 heteroatoms. The maximum absolute atomic E-state index is 12.2. The molecule has 8 nitrogen and oxygen atoms in total. The minimum atomic E-state index is -0.195. The SMILES string of the molecule is Cc1nccn1CCNC(=O)c1cc(N2CCOCC2)ncn1. The van der Waals surface area contributed by atoms with Crippen molar-refractivity contribution in [1.29, 1.82) is 0 Å². The number of morpholine rings is 1. The highest BCUT2D eigenvalue weighted by Gasteiger charge is 2.15. The highest BCUT2D eigenvalue weighted by atomic mass is 16.5. The van der Waals surface area contributed by atoms with E-state index in [2.05, 4.69) is 25.2 Å². The number of aromatic nitrogens is 4. The van der Waals surface area contributed by atoms with E-state index in [1.807, 2.05) is 17.7 Å². The summed E-state index contributed by atoms with van der Waals surface area (Å²) in [6, 6.07) is 1.73. The summed E-state index contributed by atoms with van der Waals surface area (Å²) in [7, 11) is 0. The first-order chi connectivity index (χ1) is 11.2. The maximum atomic E-state index is 12.2. The van der Waals surface area contributed by atoms with E-state index in [0.29, 0.717) is 32.0 Å². The van der Waals surface area contributed by atoms with Crippen LogP contribution in [0.4, 0.5) is 5.82 Å². The Morgan fingerprint density at radius 1 is 1.30 bits per heavy atom. The fourth-order valence-electron chi connectivity index (χ4n) is 2.46. The molecule has 23 heavy (non-hydrogen) atoms. The minimum absolute atomic E-state index is 0.195. The van der Waals surface area contributed by atoms with Crippen molar-refractivity contribution in [3.05, 3.63) is 36.3 Å². The number of ether oxygens (including phenoxy) is 1. The number of imidazole rings is 1. The summed E-state index contributed by atoms with van der Waals surface area (Å²) in [5.41, 5.74) is 0.379. The summed E-state index contributed by atoms with van der Waals surface area (Å²) in [5.74, 6) is 1.49. The summed E-state index contributed by atoms with van der Waals surface area (Å²) in [4.78, 5) is 26.8. The zero-order chi connectivity index (χ0) is 16.1. The Morgan fingerprint density at radius 2 is 2.13 bits per heavy atom. The van der Waals surface area contributed by atoms with Gasteiger partial charge in [-0.2, -0.15) is 0 Å². The molecular formula is C15H20N6O2. The first-order valence-electron chi connectivity index (χ1n) is 7.65. The Hall–Kier alpha value is -2.48. The van der Waals surface area contributed by atoms with Crippen molar-refractivity contribution in [2.75, 3.05) is 37.7 Å². The molecule has 1 N–H and O–H groups in total. The molecule has 1 aliphatic heterocycles. The van der Waals surface area contributed by atoms with Gasteiger partial charge in [-0.1, -0.05) is 0 Å². The van der Waals surface area contributed by atoms with Gasteiger partial charge in [0.05, 0.1) is 13.2 Å². The number of hydrogen-bond donors (Lipinski definition) is 1. The maximum Gasteiger partial charge on any atom is 0.270 e. The summed E-state index contributed by atoms with van der Waals surface area (Å²) in [6.45, 7) is 6.04. The zero-order valence-corrected chi connectivity index (χ0v) is 13.1. The average Bonchev–Trinajstić information content (AvgIpc) is 3.01. The third-order valence-electron chi connectivity index (χ3n) is 3.78. The Balaban J connectivity index is 1.57. The standard InChI is InChI=1S/C15H20N6O2/c1-12-16-2-4-20(12)5-3-17-15(22)13-10-14(19-11-18-13)21-6-8-23-9-7-21/h2,4,10-11H,3,5-9H2,1H3,(H,17,22). The number of carbonyl (C=O) groups excluding carboxylic acids is 1. The highest BCUT2D eigenvalue weighted by molar-refractivity contribution is 5.92. The minimum Gasteiger partial charge on any atom is -0.378 e. The van der Waals surface area contributed by atoms with Crippen LogP contribution in [-0.4, -0.2) is 58.3 Å². The molecule has 2 aromatic rings. The number of aryl methyl sites for hydroxylation is 1. The van der Waals surface area contributed by atoms with Crippen LogP contribution in [0.5, 0.6) is 0 Å². The van der Waals surface area contributed by atoms with Crippen LogP contribution in [0, 0.1) is 6.92 Å². The molecule has 0 aliphatic carbocycles. The first kappa shape index (κ1) is 15.4. The van der Waals surface area contributed by atoms with Gasteiger partial charge in [0.25, 0.3) is 5.91 Å². The average molecular weight is 316 g/mol. The van der Waals surface area contributed by atoms with E-state index in [4.69, 9.17) is 4.74 Å². The second-order valence-electron chi connectivity index (χ2n) is 5.28. The molecule has 1 aliphatic rings. The van der Waals surface area contributed by atoms with Gasteiger partial charge in [0.1, 0.15) is 23.7 Å². The van der Waals surface area contributed by atoms with Crippen molar-refractivity contribution >= 4 is 11.7 Å². The molecule has 2 aromatic heterocycles. The van der Waals surface area contributed by atoms with Gasteiger partial charge in [0, 0.05) is 44.6 Å². The fraction of sp³-hybridized carbons (Fsp3) is 0.467. The van der Waals surface area contributed by atoms with E-state index < -0.39 is 0 Å². The summed E-state index contributed by atoms with van der Waals surface area (Å²) < 4.78 is 7.31. The monoisotopic (exact) mass is 316 g/mol. The number of carbonyl (C=O) groups is 1. The molecule has 122 valence electrons. The number of nitrogens with one attached hydrogen (secondary N) is 1. The summed E-state index contributed by atoms with van der Waals surface area (Å²) >= 11 is 0. The number of rotatable bonds is 5. The normalized spacial score (nSPS) is 14.7. The second kappa shape index (κ2) is 7.19. The van der Waals surface area contributed by atoms with Gasteiger partial charge in [-0.3, -0.25) is 4.79 Å². The van der Waals surface area contributed by atoms with Crippen molar-refractivity contribution < 1.29 is 9.53 Å². The van der Waals surface area contributed by atoms with E-state index in [-0.39, 0.29) is 5.91 Å². The van der Waals surface area contributed by atoms with Crippen LogP contribution in [0.25, 0.3) is 0 Å². The van der Waals surface area contributed by atoms with Crippen LogP contribution in [0.2, 0.25) is 0 Å². The first-order valence-corrected chi connectivity index (χ1v) is 7.65. The number of amides is 1. The Morgan fingerprint density at radius 3 is 2.87 bits per heavy atom. The van der Waals surface area contributed by atoms with Gasteiger partial charge < -0.3 is 19.5 Å². The van der Waals surface area contributed by atoms with Gasteiger partial charge >= 0.3 is 0 Å². The lowest BCUT2D eigenvalue weighted by molar-refractivity contribution is 0.0947. The third kappa shape index (κ3) is 3.84. The van der Waals surface area contributed by atoms with Gasteiger partial charge in [-0.15, -0.1) is 0 Å². The third-order valence-corrected chi connectivity index (χ3v) is 3.78. The molecule has 1 fully saturated rings. The smallest absolute Gasteiger partial charge is 0.270 e. The largest absolute Gasteiger partial charge is 0.378 e. The van der Waals surface area contributed by atoms with Crippen molar-refractivity contribution in [1.82, 2.24) is 24.8 Å². The number of anilines is 1. The molecule has 1 saturated heterocycles. The molecule has 0 aromatic carbocycles. The van der Waals surface area contributed by atoms with Gasteiger partial charge in [0.15, 0.2) is 0 Å².